The smallest absolute Gasteiger partial charge is 0.309 e. The van der Waals surface area contributed by atoms with Crippen LogP contribution in [0.1, 0.15) is 35.6 Å². The number of methoxy groups -OCH3 is 1. The zero-order valence-corrected chi connectivity index (χ0v) is 12.7. The van der Waals surface area contributed by atoms with Gasteiger partial charge in [-0.3, -0.25) is 4.79 Å². The third-order valence-corrected chi connectivity index (χ3v) is 3.56. The van der Waals surface area contributed by atoms with E-state index in [1.807, 2.05) is 6.92 Å². The first kappa shape index (κ1) is 15.7. The molecule has 1 rings (SSSR count). The summed E-state index contributed by atoms with van der Waals surface area (Å²) in [5.41, 5.74) is 5.22. The minimum atomic E-state index is -0.132. The number of aryl methyl sites for hydroxylation is 3. The number of hydrogen-bond acceptors (Lipinski definition) is 3. The van der Waals surface area contributed by atoms with Gasteiger partial charge in [0.1, 0.15) is 0 Å². The van der Waals surface area contributed by atoms with Crippen LogP contribution < -0.4 is 5.32 Å². The summed E-state index contributed by atoms with van der Waals surface area (Å²) in [6, 6.07) is 4.39. The average Bonchev–Trinajstić information content (AvgIpc) is 2.36. The molecule has 0 bridgehead atoms. The predicted molar refractivity (Wildman–Crippen MR) is 78.2 cm³/mol. The molecular formula is C16H25NO2. The molecule has 1 aromatic rings. The molecule has 0 aliphatic heterocycles. The fraction of sp³-hybridized carbons (Fsp3) is 0.562. The Labute approximate surface area is 116 Å². The van der Waals surface area contributed by atoms with Gasteiger partial charge in [0.2, 0.25) is 0 Å². The zero-order valence-electron chi connectivity index (χ0n) is 12.7. The van der Waals surface area contributed by atoms with Gasteiger partial charge < -0.3 is 10.1 Å². The first-order valence-electron chi connectivity index (χ1n) is 6.84. The lowest BCUT2D eigenvalue weighted by Gasteiger charge is -2.16. The summed E-state index contributed by atoms with van der Waals surface area (Å²) in [4.78, 5) is 11.5. The second kappa shape index (κ2) is 7.29. The van der Waals surface area contributed by atoms with Crippen LogP contribution in [-0.4, -0.2) is 19.6 Å². The van der Waals surface area contributed by atoms with Gasteiger partial charge in [0.25, 0.3) is 0 Å². The maximum Gasteiger partial charge on any atom is 0.309 e. The van der Waals surface area contributed by atoms with Crippen molar-refractivity contribution in [2.45, 2.75) is 40.7 Å². The van der Waals surface area contributed by atoms with Gasteiger partial charge in [-0.15, -0.1) is 0 Å². The highest BCUT2D eigenvalue weighted by molar-refractivity contribution is 5.72. The second-order valence-electron chi connectivity index (χ2n) is 5.14. The van der Waals surface area contributed by atoms with E-state index in [0.717, 1.165) is 13.0 Å². The summed E-state index contributed by atoms with van der Waals surface area (Å²) < 4.78 is 4.79. The van der Waals surface area contributed by atoms with Gasteiger partial charge in [0.15, 0.2) is 0 Å². The Morgan fingerprint density at radius 1 is 1.26 bits per heavy atom. The molecule has 0 saturated carbocycles. The van der Waals surface area contributed by atoms with Gasteiger partial charge >= 0.3 is 5.97 Å². The molecule has 106 valence electrons. The molecule has 19 heavy (non-hydrogen) atoms. The third kappa shape index (κ3) is 4.35. The van der Waals surface area contributed by atoms with Crippen LogP contribution in [0.4, 0.5) is 0 Å². The molecule has 0 spiro atoms. The molecule has 0 amide bonds. The highest BCUT2D eigenvalue weighted by Gasteiger charge is 2.16. The summed E-state index contributed by atoms with van der Waals surface area (Å²) in [6.45, 7) is 9.85. The standard InChI is InChI=1S/C16H25NO2/c1-6-14(16(18)19-5)9-17-10-15-12(3)7-11(2)8-13(15)4/h7-8,14,17H,6,9-10H2,1-5H3. The van der Waals surface area contributed by atoms with E-state index in [-0.39, 0.29) is 11.9 Å². The molecule has 3 heteroatoms. The fourth-order valence-electron chi connectivity index (χ4n) is 2.42. The molecule has 0 aliphatic rings. The molecule has 0 fully saturated rings. The molecule has 0 aromatic heterocycles. The lowest BCUT2D eigenvalue weighted by Crippen LogP contribution is -2.29. The van der Waals surface area contributed by atoms with Gasteiger partial charge in [-0.1, -0.05) is 24.6 Å². The summed E-state index contributed by atoms with van der Waals surface area (Å²) in [5.74, 6) is -0.191. The second-order valence-corrected chi connectivity index (χ2v) is 5.14. The van der Waals surface area contributed by atoms with E-state index >= 15 is 0 Å². The van der Waals surface area contributed by atoms with Crippen molar-refractivity contribution in [1.82, 2.24) is 5.32 Å². The Morgan fingerprint density at radius 3 is 2.32 bits per heavy atom. The molecule has 3 nitrogen and oxygen atoms in total. The van der Waals surface area contributed by atoms with Crippen molar-refractivity contribution in [1.29, 1.82) is 0 Å². The van der Waals surface area contributed by atoms with E-state index in [2.05, 4.69) is 38.2 Å². The van der Waals surface area contributed by atoms with Crippen molar-refractivity contribution in [2.24, 2.45) is 5.92 Å². The van der Waals surface area contributed by atoms with Crippen LogP contribution in [0.25, 0.3) is 0 Å². The maximum absolute atomic E-state index is 11.5. The SMILES string of the molecule is CCC(CNCc1c(C)cc(C)cc1C)C(=O)OC. The van der Waals surface area contributed by atoms with Crippen molar-refractivity contribution in [2.75, 3.05) is 13.7 Å². The molecule has 1 unspecified atom stereocenters. The van der Waals surface area contributed by atoms with Crippen molar-refractivity contribution < 1.29 is 9.53 Å². The molecule has 1 atom stereocenters. The summed E-state index contributed by atoms with van der Waals surface area (Å²) in [5, 5.41) is 3.37. The van der Waals surface area contributed by atoms with E-state index in [1.165, 1.54) is 29.4 Å². The van der Waals surface area contributed by atoms with E-state index in [0.29, 0.717) is 6.54 Å². The quantitative estimate of drug-likeness (QED) is 0.802. The van der Waals surface area contributed by atoms with Crippen molar-refractivity contribution in [3.05, 3.63) is 34.4 Å². The molecule has 0 saturated heterocycles. The van der Waals surface area contributed by atoms with Crippen molar-refractivity contribution in [3.63, 3.8) is 0 Å². The Bertz CT molecular complexity index is 417. The maximum atomic E-state index is 11.5. The Morgan fingerprint density at radius 2 is 1.84 bits per heavy atom. The van der Waals surface area contributed by atoms with Crippen LogP contribution in [0, 0.1) is 26.7 Å². The van der Waals surface area contributed by atoms with Crippen LogP contribution in [0.5, 0.6) is 0 Å². The van der Waals surface area contributed by atoms with E-state index < -0.39 is 0 Å². The number of carbonyl (C=O) groups excluding carboxylic acids is 1. The van der Waals surface area contributed by atoms with Crippen LogP contribution in [-0.2, 0) is 16.1 Å². The van der Waals surface area contributed by atoms with Gasteiger partial charge in [0.05, 0.1) is 13.0 Å². The number of carbonyl (C=O) groups is 1. The lowest BCUT2D eigenvalue weighted by atomic mass is 9.99. The minimum absolute atomic E-state index is 0.0592. The first-order chi connectivity index (χ1) is 8.99. The van der Waals surface area contributed by atoms with Crippen LogP contribution in [0.15, 0.2) is 12.1 Å². The summed E-state index contributed by atoms with van der Waals surface area (Å²) in [6.07, 6.45) is 0.797. The number of hydrogen-bond donors (Lipinski definition) is 1. The Kier molecular flexibility index (Phi) is 6.03. The summed E-state index contributed by atoms with van der Waals surface area (Å²) in [7, 11) is 1.44. The first-order valence-corrected chi connectivity index (χ1v) is 6.84. The third-order valence-electron chi connectivity index (χ3n) is 3.56. The Hall–Kier alpha value is -1.35. The Balaban J connectivity index is 2.60. The molecule has 1 N–H and O–H groups in total. The normalized spacial score (nSPS) is 12.3. The number of ether oxygens (including phenoxy) is 1. The van der Waals surface area contributed by atoms with Gasteiger partial charge in [-0.2, -0.15) is 0 Å². The van der Waals surface area contributed by atoms with Crippen LogP contribution >= 0.6 is 0 Å². The van der Waals surface area contributed by atoms with Crippen LogP contribution in [0.3, 0.4) is 0 Å². The predicted octanol–water partition coefficient (Wildman–Crippen LogP) is 2.90. The van der Waals surface area contributed by atoms with Gasteiger partial charge in [-0.05, 0) is 43.9 Å². The highest BCUT2D eigenvalue weighted by atomic mass is 16.5. The monoisotopic (exact) mass is 263 g/mol. The number of nitrogens with one attached hydrogen (secondary N) is 1. The zero-order chi connectivity index (χ0) is 14.4. The minimum Gasteiger partial charge on any atom is -0.469 e. The number of rotatable bonds is 6. The van der Waals surface area contributed by atoms with Crippen molar-refractivity contribution in [3.8, 4) is 0 Å². The topological polar surface area (TPSA) is 38.3 Å². The largest absolute Gasteiger partial charge is 0.469 e. The molecule has 0 heterocycles. The molecular weight excluding hydrogens is 238 g/mol. The lowest BCUT2D eigenvalue weighted by molar-refractivity contribution is -0.145. The van der Waals surface area contributed by atoms with E-state index in [1.54, 1.807) is 0 Å². The number of benzene rings is 1. The fourth-order valence-corrected chi connectivity index (χ4v) is 2.42. The van der Waals surface area contributed by atoms with Crippen molar-refractivity contribution >= 4 is 5.97 Å². The van der Waals surface area contributed by atoms with E-state index in [4.69, 9.17) is 4.74 Å². The molecule has 0 aliphatic carbocycles. The molecule has 1 aromatic carbocycles. The highest BCUT2D eigenvalue weighted by Crippen LogP contribution is 2.16. The van der Waals surface area contributed by atoms with Gasteiger partial charge in [-0.25, -0.2) is 0 Å². The van der Waals surface area contributed by atoms with Gasteiger partial charge in [0, 0.05) is 13.1 Å². The van der Waals surface area contributed by atoms with E-state index in [9.17, 15) is 4.79 Å². The molecule has 0 radical (unpaired) electrons. The number of esters is 1. The van der Waals surface area contributed by atoms with Crippen LogP contribution in [0.2, 0.25) is 0 Å². The summed E-state index contributed by atoms with van der Waals surface area (Å²) >= 11 is 0. The average molecular weight is 263 g/mol.